The van der Waals surface area contributed by atoms with Crippen LogP contribution in [0.5, 0.6) is 0 Å². The molecule has 2 atom stereocenters. The second-order valence-electron chi connectivity index (χ2n) is 12.8. The highest BCUT2D eigenvalue weighted by Gasteiger charge is 2.38. The van der Waals surface area contributed by atoms with Crippen molar-refractivity contribution in [1.82, 2.24) is 9.55 Å². The fraction of sp³-hybridized carbons (Fsp3) is 0.0444. The fourth-order valence-electron chi connectivity index (χ4n) is 7.94. The standard InChI is InChI=1S/C45H31N3/c1-3-13-30(14-4-1)37-29-45(46-40-20-10-7-17-34(37)40)48-42-22-12-9-19-36(42)39-28-32(24-26-44(39)48)31-23-25-43-38(27-31)35-18-8-11-21-41(35)47(43)33-15-5-2-6-16-33/h1-29,36,42H. The van der Waals surface area contributed by atoms with Crippen molar-refractivity contribution in [3.8, 4) is 27.9 Å². The largest absolute Gasteiger partial charge is 0.318 e. The van der Waals surface area contributed by atoms with Crippen molar-refractivity contribution in [2.75, 3.05) is 4.90 Å². The number of nitrogens with zero attached hydrogens (tertiary/aromatic N) is 3. The zero-order valence-corrected chi connectivity index (χ0v) is 26.2. The SMILES string of the molecule is C1=CC2c3cc(-c4ccc5c(c4)c4ccccc4n5-c4ccccc4)ccc3N(c3cc(-c4ccccc4)c4ccccc4n3)C2C=C1. The molecule has 2 aromatic heterocycles. The molecule has 10 rings (SSSR count). The molecular weight excluding hydrogens is 583 g/mol. The summed E-state index contributed by atoms with van der Waals surface area (Å²) < 4.78 is 2.37. The van der Waals surface area contributed by atoms with Crippen LogP contribution in [0.15, 0.2) is 176 Å². The quantitative estimate of drug-likeness (QED) is 0.197. The average Bonchev–Trinajstić information content (AvgIpc) is 3.67. The normalized spacial score (nSPS) is 16.5. The zero-order valence-electron chi connectivity index (χ0n) is 26.2. The number of allylic oxidation sites excluding steroid dienone is 2. The molecule has 0 saturated carbocycles. The molecule has 3 heterocycles. The number of aromatic nitrogens is 2. The molecule has 0 amide bonds. The van der Waals surface area contributed by atoms with Crippen molar-refractivity contribution < 1.29 is 0 Å². The first-order valence-corrected chi connectivity index (χ1v) is 16.6. The number of anilines is 2. The van der Waals surface area contributed by atoms with Crippen LogP contribution in [-0.2, 0) is 0 Å². The summed E-state index contributed by atoms with van der Waals surface area (Å²) in [6, 6.07) is 54.9. The number of fused-ring (bicyclic) bond motifs is 7. The molecular formula is C45H31N3. The predicted octanol–water partition coefficient (Wildman–Crippen LogP) is 11.4. The lowest BCUT2D eigenvalue weighted by atomic mass is 9.89. The number of para-hydroxylation sites is 3. The maximum atomic E-state index is 5.27. The maximum absolute atomic E-state index is 5.27. The summed E-state index contributed by atoms with van der Waals surface area (Å²) in [6.45, 7) is 0. The zero-order chi connectivity index (χ0) is 31.6. The summed E-state index contributed by atoms with van der Waals surface area (Å²) in [6.07, 6.45) is 9.04. The Bertz CT molecular complexity index is 2580. The minimum atomic E-state index is 0.156. The summed E-state index contributed by atoms with van der Waals surface area (Å²) >= 11 is 0. The summed E-state index contributed by atoms with van der Waals surface area (Å²) in [7, 11) is 0. The number of pyridine rings is 1. The highest BCUT2D eigenvalue weighted by atomic mass is 15.2. The van der Waals surface area contributed by atoms with Crippen LogP contribution in [0.4, 0.5) is 11.5 Å². The van der Waals surface area contributed by atoms with E-state index in [4.69, 9.17) is 4.98 Å². The van der Waals surface area contributed by atoms with E-state index in [0.29, 0.717) is 0 Å². The third-order valence-corrected chi connectivity index (χ3v) is 10.1. The minimum absolute atomic E-state index is 0.156. The number of hydrogen-bond donors (Lipinski definition) is 0. The Morgan fingerprint density at radius 1 is 0.500 bits per heavy atom. The van der Waals surface area contributed by atoms with Crippen LogP contribution in [-0.4, -0.2) is 15.6 Å². The molecule has 2 aliphatic rings. The van der Waals surface area contributed by atoms with Crippen LogP contribution in [0.3, 0.4) is 0 Å². The summed E-state index contributed by atoms with van der Waals surface area (Å²) in [5.41, 5.74) is 12.0. The first-order chi connectivity index (χ1) is 23.8. The molecule has 0 N–H and O–H groups in total. The van der Waals surface area contributed by atoms with Gasteiger partial charge in [0.15, 0.2) is 0 Å². The predicted molar refractivity (Wildman–Crippen MR) is 200 cm³/mol. The first kappa shape index (κ1) is 27.0. The molecule has 0 radical (unpaired) electrons. The van der Waals surface area contributed by atoms with Crippen LogP contribution in [0.2, 0.25) is 0 Å². The van der Waals surface area contributed by atoms with E-state index >= 15 is 0 Å². The Morgan fingerprint density at radius 2 is 1.19 bits per heavy atom. The van der Waals surface area contributed by atoms with Crippen molar-refractivity contribution in [2.24, 2.45) is 0 Å². The highest BCUT2D eigenvalue weighted by Crippen LogP contribution is 2.49. The van der Waals surface area contributed by atoms with Gasteiger partial charge in [-0.2, -0.15) is 0 Å². The lowest BCUT2D eigenvalue weighted by Crippen LogP contribution is -2.29. The van der Waals surface area contributed by atoms with Crippen LogP contribution in [0, 0.1) is 0 Å². The van der Waals surface area contributed by atoms with Crippen LogP contribution < -0.4 is 4.90 Å². The molecule has 2 unspecified atom stereocenters. The molecule has 0 bridgehead atoms. The van der Waals surface area contributed by atoms with Crippen molar-refractivity contribution in [3.63, 3.8) is 0 Å². The van der Waals surface area contributed by atoms with Gasteiger partial charge >= 0.3 is 0 Å². The van der Waals surface area contributed by atoms with Gasteiger partial charge in [-0.3, -0.25) is 0 Å². The van der Waals surface area contributed by atoms with Crippen molar-refractivity contribution in [1.29, 1.82) is 0 Å². The van der Waals surface area contributed by atoms with Crippen molar-refractivity contribution in [2.45, 2.75) is 12.0 Å². The average molecular weight is 614 g/mol. The first-order valence-electron chi connectivity index (χ1n) is 16.6. The molecule has 226 valence electrons. The summed E-state index contributed by atoms with van der Waals surface area (Å²) in [5, 5.41) is 3.70. The van der Waals surface area contributed by atoms with E-state index < -0.39 is 0 Å². The van der Waals surface area contributed by atoms with Gasteiger partial charge in [0, 0.05) is 33.5 Å². The van der Waals surface area contributed by atoms with Crippen molar-refractivity contribution >= 4 is 44.2 Å². The Labute approximate surface area is 279 Å². The van der Waals surface area contributed by atoms with E-state index in [0.717, 1.165) is 11.3 Å². The van der Waals surface area contributed by atoms with Gasteiger partial charge in [0.05, 0.1) is 22.6 Å². The monoisotopic (exact) mass is 613 g/mol. The molecule has 0 fully saturated rings. The minimum Gasteiger partial charge on any atom is -0.318 e. The number of hydrogen-bond acceptors (Lipinski definition) is 2. The van der Waals surface area contributed by atoms with Gasteiger partial charge in [-0.05, 0) is 82.4 Å². The van der Waals surface area contributed by atoms with Gasteiger partial charge in [0.2, 0.25) is 0 Å². The summed E-state index contributed by atoms with van der Waals surface area (Å²) in [4.78, 5) is 7.71. The van der Waals surface area contributed by atoms with Crippen LogP contribution >= 0.6 is 0 Å². The van der Waals surface area contributed by atoms with E-state index in [9.17, 15) is 0 Å². The number of rotatable bonds is 4. The molecule has 0 saturated heterocycles. The summed E-state index contributed by atoms with van der Waals surface area (Å²) in [5.74, 6) is 1.21. The van der Waals surface area contributed by atoms with E-state index in [2.05, 4.69) is 185 Å². The maximum Gasteiger partial charge on any atom is 0.134 e. The van der Waals surface area contributed by atoms with Gasteiger partial charge in [-0.15, -0.1) is 0 Å². The van der Waals surface area contributed by atoms with Gasteiger partial charge in [-0.1, -0.05) is 121 Å². The molecule has 3 heteroatoms. The van der Waals surface area contributed by atoms with Gasteiger partial charge in [0.1, 0.15) is 5.82 Å². The smallest absolute Gasteiger partial charge is 0.134 e. The molecule has 3 nitrogen and oxygen atoms in total. The molecule has 6 aromatic carbocycles. The third kappa shape index (κ3) is 4.11. The topological polar surface area (TPSA) is 21.1 Å². The second-order valence-corrected chi connectivity index (χ2v) is 12.8. The van der Waals surface area contributed by atoms with Crippen LogP contribution in [0.25, 0.3) is 60.6 Å². The third-order valence-electron chi connectivity index (χ3n) is 10.1. The second kappa shape index (κ2) is 10.7. The lowest BCUT2D eigenvalue weighted by molar-refractivity contribution is 0.739. The Morgan fingerprint density at radius 3 is 2.06 bits per heavy atom. The van der Waals surface area contributed by atoms with E-state index in [-0.39, 0.29) is 12.0 Å². The van der Waals surface area contributed by atoms with Crippen LogP contribution in [0.1, 0.15) is 11.5 Å². The molecule has 1 aliphatic heterocycles. The molecule has 8 aromatic rings. The molecule has 48 heavy (non-hydrogen) atoms. The van der Waals surface area contributed by atoms with Gasteiger partial charge < -0.3 is 9.47 Å². The van der Waals surface area contributed by atoms with Gasteiger partial charge in [0.25, 0.3) is 0 Å². The van der Waals surface area contributed by atoms with E-state index in [1.807, 2.05) is 0 Å². The Hall–Kier alpha value is -6.19. The Kier molecular flexibility index (Phi) is 6.00. The van der Waals surface area contributed by atoms with E-state index in [1.54, 1.807) is 0 Å². The fourth-order valence-corrected chi connectivity index (χ4v) is 7.94. The van der Waals surface area contributed by atoms with E-state index in [1.165, 1.54) is 66.4 Å². The van der Waals surface area contributed by atoms with Gasteiger partial charge in [-0.25, -0.2) is 4.98 Å². The Balaban J connectivity index is 1.12. The molecule has 1 aliphatic carbocycles. The lowest BCUT2D eigenvalue weighted by Gasteiger charge is -2.28. The molecule has 0 spiro atoms. The highest BCUT2D eigenvalue weighted by molar-refractivity contribution is 6.10. The van der Waals surface area contributed by atoms with Crippen molar-refractivity contribution in [3.05, 3.63) is 182 Å². The number of benzene rings is 6.